The minimum atomic E-state index is -1.08. The summed E-state index contributed by atoms with van der Waals surface area (Å²) in [5, 5.41) is 3.01. The maximum absolute atomic E-state index is 12.9. The maximum atomic E-state index is 12.9. The molecule has 1 N–H and O–H groups in total. The molecule has 8 heteroatoms. The molecule has 2 aliphatic rings. The number of ether oxygens (including phenoxy) is 1. The second kappa shape index (κ2) is 10.3. The molecule has 5 rings (SSSR count). The van der Waals surface area contributed by atoms with Gasteiger partial charge in [0.25, 0.3) is 11.8 Å². The van der Waals surface area contributed by atoms with Crippen LogP contribution in [0.15, 0.2) is 72.8 Å². The molecular formula is C29H26N2O6. The van der Waals surface area contributed by atoms with E-state index in [1.807, 2.05) is 55.5 Å². The van der Waals surface area contributed by atoms with Gasteiger partial charge in [0.2, 0.25) is 0 Å². The Labute approximate surface area is 214 Å². The first-order valence-corrected chi connectivity index (χ1v) is 12.3. The van der Waals surface area contributed by atoms with Crippen molar-refractivity contribution in [3.05, 3.63) is 95.1 Å². The molecule has 1 aliphatic heterocycles. The largest absolute Gasteiger partial charge is 0.449 e. The number of hydrogen-bond donors (Lipinski definition) is 1. The number of carbonyl (C=O) groups is 4. The van der Waals surface area contributed by atoms with Gasteiger partial charge >= 0.3 is 12.1 Å². The first-order chi connectivity index (χ1) is 18.0. The summed E-state index contributed by atoms with van der Waals surface area (Å²) in [6.07, 6.45) is 0.875. The highest BCUT2D eigenvalue weighted by atomic mass is 16.7. The van der Waals surface area contributed by atoms with Crippen LogP contribution in [0.2, 0.25) is 0 Å². The van der Waals surface area contributed by atoms with Gasteiger partial charge < -0.3 is 14.9 Å². The number of carbonyl (C=O) groups excluding carboxylic acids is 4. The van der Waals surface area contributed by atoms with E-state index in [-0.39, 0.29) is 30.1 Å². The topological polar surface area (TPSA) is 102 Å². The van der Waals surface area contributed by atoms with E-state index in [0.717, 1.165) is 28.7 Å². The predicted molar refractivity (Wildman–Crippen MR) is 135 cm³/mol. The summed E-state index contributed by atoms with van der Waals surface area (Å²) in [5.74, 6) is -2.47. The molecule has 8 nitrogen and oxygen atoms in total. The Morgan fingerprint density at radius 2 is 1.35 bits per heavy atom. The molecule has 1 unspecified atom stereocenters. The zero-order chi connectivity index (χ0) is 25.9. The smallest absolute Gasteiger partial charge is 0.407 e. The molecule has 0 radical (unpaired) electrons. The molecule has 0 saturated carbocycles. The highest BCUT2D eigenvalue weighted by Crippen LogP contribution is 2.44. The minimum Gasteiger partial charge on any atom is -0.449 e. The number of imide groups is 1. The summed E-state index contributed by atoms with van der Waals surface area (Å²) in [7, 11) is 0. The Morgan fingerprint density at radius 1 is 0.838 bits per heavy atom. The first-order valence-electron chi connectivity index (χ1n) is 12.3. The number of nitrogens with one attached hydrogen (secondary N) is 1. The molecular weight excluding hydrogens is 472 g/mol. The lowest BCUT2D eigenvalue weighted by Crippen LogP contribution is -2.45. The zero-order valence-corrected chi connectivity index (χ0v) is 20.3. The number of nitrogens with zero attached hydrogens (tertiary/aromatic N) is 1. The summed E-state index contributed by atoms with van der Waals surface area (Å²) in [4.78, 5) is 56.0. The fourth-order valence-electron chi connectivity index (χ4n) is 4.84. The second-order valence-corrected chi connectivity index (χ2v) is 9.03. The normalized spacial score (nSPS) is 14.6. The Kier molecular flexibility index (Phi) is 6.72. The highest BCUT2D eigenvalue weighted by molar-refractivity contribution is 6.20. The molecule has 1 atom stereocenters. The Hall–Kier alpha value is -4.46. The first kappa shape index (κ1) is 24.2. The number of fused-ring (bicyclic) bond motifs is 4. The molecule has 0 saturated heterocycles. The highest BCUT2D eigenvalue weighted by Gasteiger charge is 2.40. The van der Waals surface area contributed by atoms with Crippen molar-refractivity contribution in [1.29, 1.82) is 0 Å². The van der Waals surface area contributed by atoms with Gasteiger partial charge in [-0.2, -0.15) is 0 Å². The van der Waals surface area contributed by atoms with Crippen LogP contribution < -0.4 is 5.32 Å². The zero-order valence-electron chi connectivity index (χ0n) is 20.3. The van der Waals surface area contributed by atoms with Gasteiger partial charge in [0, 0.05) is 5.92 Å². The van der Waals surface area contributed by atoms with E-state index in [4.69, 9.17) is 9.57 Å². The standard InChI is InChI=1S/C29H26N2O6/c1-2-3-16-25(28(34)37-31-26(32)22-14-8-9-15-23(22)27(31)33)30-29(35)36-17-24-20-12-6-4-10-18(20)19-11-5-7-13-21(19)24/h4-15,24-25H,2-3,16-17H2,1H3,(H,30,35). The van der Waals surface area contributed by atoms with Gasteiger partial charge in [0.1, 0.15) is 12.6 Å². The number of hydroxylamine groups is 2. The van der Waals surface area contributed by atoms with Crippen molar-refractivity contribution in [1.82, 2.24) is 10.4 Å². The quantitative estimate of drug-likeness (QED) is 0.446. The Balaban J connectivity index is 1.25. The van der Waals surface area contributed by atoms with Crippen LogP contribution in [-0.2, 0) is 14.4 Å². The van der Waals surface area contributed by atoms with Crippen LogP contribution in [-0.4, -0.2) is 41.6 Å². The molecule has 37 heavy (non-hydrogen) atoms. The number of alkyl carbamates (subject to hydrolysis) is 1. The van der Waals surface area contributed by atoms with Gasteiger partial charge in [-0.1, -0.05) is 85.5 Å². The van der Waals surface area contributed by atoms with Gasteiger partial charge in [0.05, 0.1) is 11.1 Å². The molecule has 3 aromatic carbocycles. The maximum Gasteiger partial charge on any atom is 0.407 e. The van der Waals surface area contributed by atoms with E-state index in [1.54, 1.807) is 12.1 Å². The van der Waals surface area contributed by atoms with Gasteiger partial charge in [-0.15, -0.1) is 0 Å². The van der Waals surface area contributed by atoms with Gasteiger partial charge in [-0.05, 0) is 40.8 Å². The lowest BCUT2D eigenvalue weighted by molar-refractivity contribution is -0.171. The van der Waals surface area contributed by atoms with Crippen LogP contribution in [0.4, 0.5) is 4.79 Å². The third-order valence-corrected chi connectivity index (χ3v) is 6.70. The lowest BCUT2D eigenvalue weighted by atomic mass is 9.98. The predicted octanol–water partition coefficient (Wildman–Crippen LogP) is 4.84. The summed E-state index contributed by atoms with van der Waals surface area (Å²) < 4.78 is 5.56. The van der Waals surface area contributed by atoms with E-state index in [1.165, 1.54) is 12.1 Å². The summed E-state index contributed by atoms with van der Waals surface area (Å²) >= 11 is 0. The van der Waals surface area contributed by atoms with Crippen molar-refractivity contribution in [2.24, 2.45) is 0 Å². The van der Waals surface area contributed by atoms with Crippen LogP contribution in [0.5, 0.6) is 0 Å². The Bertz CT molecular complexity index is 1300. The van der Waals surface area contributed by atoms with Crippen molar-refractivity contribution in [3.63, 3.8) is 0 Å². The summed E-state index contributed by atoms with van der Waals surface area (Å²) in [6.45, 7) is 2.04. The Morgan fingerprint density at radius 3 is 1.89 bits per heavy atom. The minimum absolute atomic E-state index is 0.0911. The van der Waals surface area contributed by atoms with Gasteiger partial charge in [-0.25, -0.2) is 9.59 Å². The number of unbranched alkanes of at least 4 members (excludes halogenated alkanes) is 1. The van der Waals surface area contributed by atoms with E-state index in [2.05, 4.69) is 5.32 Å². The summed E-state index contributed by atoms with van der Waals surface area (Å²) in [6, 6.07) is 21.1. The molecule has 0 bridgehead atoms. The van der Waals surface area contributed by atoms with Crippen molar-refractivity contribution in [3.8, 4) is 11.1 Å². The van der Waals surface area contributed by atoms with Crippen molar-refractivity contribution in [2.45, 2.75) is 38.1 Å². The molecule has 188 valence electrons. The average molecular weight is 499 g/mol. The fraction of sp³-hybridized carbons (Fsp3) is 0.241. The van der Waals surface area contributed by atoms with Crippen LogP contribution in [0.1, 0.15) is 63.9 Å². The lowest BCUT2D eigenvalue weighted by Gasteiger charge is -2.20. The van der Waals surface area contributed by atoms with E-state index in [9.17, 15) is 19.2 Å². The van der Waals surface area contributed by atoms with E-state index >= 15 is 0 Å². The van der Waals surface area contributed by atoms with Crippen molar-refractivity contribution in [2.75, 3.05) is 6.61 Å². The molecule has 3 aromatic rings. The number of amides is 3. The van der Waals surface area contributed by atoms with Gasteiger partial charge in [0.15, 0.2) is 0 Å². The molecule has 3 amide bonds. The monoisotopic (exact) mass is 498 g/mol. The molecule has 1 aliphatic carbocycles. The van der Waals surface area contributed by atoms with Crippen LogP contribution >= 0.6 is 0 Å². The van der Waals surface area contributed by atoms with E-state index in [0.29, 0.717) is 11.5 Å². The van der Waals surface area contributed by atoms with Crippen LogP contribution in [0.25, 0.3) is 11.1 Å². The second-order valence-electron chi connectivity index (χ2n) is 9.03. The van der Waals surface area contributed by atoms with Crippen molar-refractivity contribution < 1.29 is 28.8 Å². The van der Waals surface area contributed by atoms with Gasteiger partial charge in [-0.3, -0.25) is 9.59 Å². The van der Waals surface area contributed by atoms with Crippen molar-refractivity contribution >= 4 is 23.9 Å². The van der Waals surface area contributed by atoms with E-state index < -0.39 is 29.9 Å². The molecule has 0 spiro atoms. The molecule has 0 aromatic heterocycles. The third-order valence-electron chi connectivity index (χ3n) is 6.70. The average Bonchev–Trinajstić information content (AvgIpc) is 3.37. The SMILES string of the molecule is CCCCC(NC(=O)OCC1c2ccccc2-c2ccccc21)C(=O)ON1C(=O)c2ccccc2C1=O. The van der Waals surface area contributed by atoms with Crippen LogP contribution in [0, 0.1) is 0 Å². The fourth-order valence-corrected chi connectivity index (χ4v) is 4.84. The number of benzene rings is 3. The van der Waals surface area contributed by atoms with Crippen LogP contribution in [0.3, 0.4) is 0 Å². The number of hydrogen-bond acceptors (Lipinski definition) is 6. The third kappa shape index (κ3) is 4.58. The summed E-state index contributed by atoms with van der Waals surface area (Å²) in [5.41, 5.74) is 4.69. The molecule has 0 fully saturated rings. The molecule has 1 heterocycles. The number of rotatable bonds is 8.